The molecule has 4 nitrogen and oxygen atoms in total. The van der Waals surface area contributed by atoms with Crippen LogP contribution in [0.4, 0.5) is 19.3 Å². The molecule has 1 aromatic rings. The van der Waals surface area contributed by atoms with Crippen LogP contribution in [0.5, 0.6) is 0 Å². The third-order valence-corrected chi connectivity index (χ3v) is 5.24. The van der Waals surface area contributed by atoms with Gasteiger partial charge in [-0.15, -0.1) is 0 Å². The van der Waals surface area contributed by atoms with Gasteiger partial charge < -0.3 is 15.4 Å². The normalized spacial score (nSPS) is 27.8. The van der Waals surface area contributed by atoms with E-state index in [1.807, 2.05) is 11.8 Å². The summed E-state index contributed by atoms with van der Waals surface area (Å²) in [6.07, 6.45) is 2.54. The van der Waals surface area contributed by atoms with Crippen molar-refractivity contribution in [3.05, 3.63) is 29.8 Å². The lowest BCUT2D eigenvalue weighted by Crippen LogP contribution is -2.49. The number of hydrogen-bond acceptors (Lipinski definition) is 3. The number of ether oxygens (including phenoxy) is 1. The molecular formula is C15H18F2N2O2S. The summed E-state index contributed by atoms with van der Waals surface area (Å²) in [7, 11) is 0. The molecule has 2 aliphatic heterocycles. The molecule has 0 aliphatic carbocycles. The van der Waals surface area contributed by atoms with E-state index >= 15 is 0 Å². The largest absolute Gasteiger partial charge is 0.374 e. The van der Waals surface area contributed by atoms with Gasteiger partial charge in [-0.2, -0.15) is 11.8 Å². The summed E-state index contributed by atoms with van der Waals surface area (Å²) in [4.78, 5) is 12.0. The van der Waals surface area contributed by atoms with E-state index in [4.69, 9.17) is 4.74 Å². The van der Waals surface area contributed by atoms with Crippen LogP contribution in [0.2, 0.25) is 0 Å². The molecule has 0 radical (unpaired) electrons. The molecule has 1 spiro atoms. The van der Waals surface area contributed by atoms with E-state index < -0.39 is 17.7 Å². The lowest BCUT2D eigenvalue weighted by atomic mass is 9.90. The molecule has 120 valence electrons. The zero-order valence-corrected chi connectivity index (χ0v) is 12.8. The van der Waals surface area contributed by atoms with Crippen LogP contribution in [-0.4, -0.2) is 35.8 Å². The lowest BCUT2D eigenvalue weighted by Gasteiger charge is -2.37. The van der Waals surface area contributed by atoms with E-state index in [0.717, 1.165) is 49.0 Å². The molecule has 2 aliphatic rings. The fourth-order valence-electron chi connectivity index (χ4n) is 2.99. The molecular weight excluding hydrogens is 310 g/mol. The number of thioether (sulfide) groups is 1. The Bertz CT molecular complexity index is 544. The molecule has 2 atom stereocenters. The van der Waals surface area contributed by atoms with Crippen LogP contribution >= 0.6 is 11.8 Å². The third-order valence-electron chi connectivity index (χ3n) is 4.02. The molecule has 2 amide bonds. The SMILES string of the molecule is O=C(Nc1cc(F)cc(F)c1)N[C@@H]1CCO[C@]2(CCSC2)C1. The van der Waals surface area contributed by atoms with E-state index in [9.17, 15) is 13.6 Å². The Labute approximate surface area is 132 Å². The molecule has 2 saturated heterocycles. The third kappa shape index (κ3) is 3.70. The average Bonchev–Trinajstić information content (AvgIpc) is 2.85. The quantitative estimate of drug-likeness (QED) is 0.877. The maximum atomic E-state index is 13.1. The Morgan fingerprint density at radius 1 is 1.32 bits per heavy atom. The van der Waals surface area contributed by atoms with Crippen molar-refractivity contribution in [1.82, 2.24) is 5.32 Å². The van der Waals surface area contributed by atoms with Crippen LogP contribution < -0.4 is 10.6 Å². The van der Waals surface area contributed by atoms with Crippen molar-refractivity contribution >= 4 is 23.5 Å². The molecule has 0 saturated carbocycles. The molecule has 1 aromatic carbocycles. The van der Waals surface area contributed by atoms with E-state index in [2.05, 4.69) is 10.6 Å². The van der Waals surface area contributed by atoms with Crippen LogP contribution in [-0.2, 0) is 4.74 Å². The number of nitrogens with one attached hydrogen (secondary N) is 2. The van der Waals surface area contributed by atoms with Gasteiger partial charge in [-0.1, -0.05) is 0 Å². The minimum absolute atomic E-state index is 0.0193. The maximum absolute atomic E-state index is 13.1. The molecule has 3 rings (SSSR count). The van der Waals surface area contributed by atoms with Gasteiger partial charge in [0, 0.05) is 30.2 Å². The zero-order valence-electron chi connectivity index (χ0n) is 12.0. The van der Waals surface area contributed by atoms with Gasteiger partial charge in [0.2, 0.25) is 0 Å². The highest BCUT2D eigenvalue weighted by Crippen LogP contribution is 2.38. The zero-order chi connectivity index (χ0) is 15.6. The van der Waals surface area contributed by atoms with Gasteiger partial charge in [-0.25, -0.2) is 13.6 Å². The predicted molar refractivity (Wildman–Crippen MR) is 82.2 cm³/mol. The minimum Gasteiger partial charge on any atom is -0.374 e. The summed E-state index contributed by atoms with van der Waals surface area (Å²) in [5, 5.41) is 5.35. The Balaban J connectivity index is 1.57. The Morgan fingerprint density at radius 2 is 2.09 bits per heavy atom. The minimum atomic E-state index is -0.719. The highest BCUT2D eigenvalue weighted by Gasteiger charge is 2.40. The summed E-state index contributed by atoms with van der Waals surface area (Å²) in [5.41, 5.74) is -0.0144. The van der Waals surface area contributed by atoms with Crippen LogP contribution in [0.25, 0.3) is 0 Å². The first kappa shape index (κ1) is 15.6. The van der Waals surface area contributed by atoms with E-state index in [-0.39, 0.29) is 17.3 Å². The van der Waals surface area contributed by atoms with Crippen LogP contribution in [0.3, 0.4) is 0 Å². The molecule has 2 heterocycles. The monoisotopic (exact) mass is 328 g/mol. The molecule has 2 fully saturated rings. The fraction of sp³-hybridized carbons (Fsp3) is 0.533. The number of amides is 2. The van der Waals surface area contributed by atoms with Gasteiger partial charge in [-0.3, -0.25) is 0 Å². The van der Waals surface area contributed by atoms with Gasteiger partial charge in [0.05, 0.1) is 5.60 Å². The van der Waals surface area contributed by atoms with Crippen LogP contribution in [0.15, 0.2) is 18.2 Å². The molecule has 22 heavy (non-hydrogen) atoms. The van der Waals surface area contributed by atoms with Gasteiger partial charge in [0.25, 0.3) is 0 Å². The summed E-state index contributed by atoms with van der Waals surface area (Å²) in [6, 6.07) is 2.51. The molecule has 0 unspecified atom stereocenters. The number of anilines is 1. The summed E-state index contributed by atoms with van der Waals surface area (Å²) in [5.74, 6) is 0.607. The highest BCUT2D eigenvalue weighted by molar-refractivity contribution is 7.99. The second kappa shape index (κ2) is 6.42. The predicted octanol–water partition coefficient (Wildman–Crippen LogP) is 3.14. The van der Waals surface area contributed by atoms with Gasteiger partial charge in [0.1, 0.15) is 11.6 Å². The van der Waals surface area contributed by atoms with Crippen molar-refractivity contribution in [3.63, 3.8) is 0 Å². The van der Waals surface area contributed by atoms with Crippen molar-refractivity contribution in [2.24, 2.45) is 0 Å². The first-order valence-electron chi connectivity index (χ1n) is 7.30. The molecule has 2 N–H and O–H groups in total. The Kier molecular flexibility index (Phi) is 4.54. The van der Waals surface area contributed by atoms with Crippen LogP contribution in [0, 0.1) is 11.6 Å². The second-order valence-corrected chi connectivity index (χ2v) is 6.89. The van der Waals surface area contributed by atoms with Crippen molar-refractivity contribution in [3.8, 4) is 0 Å². The maximum Gasteiger partial charge on any atom is 0.319 e. The van der Waals surface area contributed by atoms with Gasteiger partial charge >= 0.3 is 6.03 Å². The van der Waals surface area contributed by atoms with Crippen molar-refractivity contribution < 1.29 is 18.3 Å². The van der Waals surface area contributed by atoms with Gasteiger partial charge in [0.15, 0.2) is 0 Å². The van der Waals surface area contributed by atoms with E-state index in [0.29, 0.717) is 6.61 Å². The van der Waals surface area contributed by atoms with E-state index in [1.165, 1.54) is 0 Å². The standard InChI is InChI=1S/C15H18F2N2O2S/c16-10-5-11(17)7-13(6-10)19-14(20)18-12-1-3-21-15(8-12)2-4-22-9-15/h5-7,12H,1-4,8-9H2,(H2,18,19,20)/t12-,15-/m1/s1. The number of urea groups is 1. The molecule has 0 bridgehead atoms. The summed E-state index contributed by atoms with van der Waals surface area (Å²) >= 11 is 1.87. The second-order valence-electron chi connectivity index (χ2n) is 5.78. The smallest absolute Gasteiger partial charge is 0.319 e. The van der Waals surface area contributed by atoms with Crippen molar-refractivity contribution in [1.29, 1.82) is 0 Å². The van der Waals surface area contributed by atoms with E-state index in [1.54, 1.807) is 0 Å². The fourth-order valence-corrected chi connectivity index (χ4v) is 4.37. The summed E-state index contributed by atoms with van der Waals surface area (Å²) in [6.45, 7) is 0.625. The average molecular weight is 328 g/mol. The van der Waals surface area contributed by atoms with Crippen molar-refractivity contribution in [2.75, 3.05) is 23.4 Å². The summed E-state index contributed by atoms with van der Waals surface area (Å²) < 4.78 is 32.1. The number of carbonyl (C=O) groups is 1. The molecule has 7 heteroatoms. The number of carbonyl (C=O) groups excluding carboxylic acids is 1. The van der Waals surface area contributed by atoms with Gasteiger partial charge in [-0.05, 0) is 37.1 Å². The topological polar surface area (TPSA) is 50.4 Å². The number of hydrogen-bond donors (Lipinski definition) is 2. The lowest BCUT2D eigenvalue weighted by molar-refractivity contribution is -0.0682. The molecule has 0 aromatic heterocycles. The number of rotatable bonds is 2. The number of halogens is 2. The first-order chi connectivity index (χ1) is 10.5. The Morgan fingerprint density at radius 3 is 2.77 bits per heavy atom. The van der Waals surface area contributed by atoms with Crippen molar-refractivity contribution in [2.45, 2.75) is 30.9 Å². The first-order valence-corrected chi connectivity index (χ1v) is 8.45. The van der Waals surface area contributed by atoms with Crippen LogP contribution in [0.1, 0.15) is 19.3 Å². The number of benzene rings is 1. The Hall–Kier alpha value is -1.34. The highest BCUT2D eigenvalue weighted by atomic mass is 32.2.